The monoisotopic (exact) mass is 258 g/mol. The van der Waals surface area contributed by atoms with E-state index in [0.29, 0.717) is 16.4 Å². The van der Waals surface area contributed by atoms with Crippen LogP contribution < -0.4 is 5.32 Å². The number of hydrogen-bond acceptors (Lipinski definition) is 5. The normalized spacial score (nSPS) is 19.6. The van der Waals surface area contributed by atoms with Gasteiger partial charge in [0.25, 0.3) is 10.1 Å². The molecule has 0 bridgehead atoms. The number of nitrogens with zero attached hydrogens (tertiary/aromatic N) is 1. The van der Waals surface area contributed by atoms with Crippen molar-refractivity contribution in [2.24, 2.45) is 4.99 Å². The van der Waals surface area contributed by atoms with Gasteiger partial charge in [0.2, 0.25) is 5.37 Å². The molecule has 0 aromatic heterocycles. The molecule has 1 aromatic carbocycles. The van der Waals surface area contributed by atoms with E-state index >= 15 is 0 Å². The molecule has 16 heavy (non-hydrogen) atoms. The highest BCUT2D eigenvalue weighted by Crippen LogP contribution is 2.34. The number of fused-ring (bicyclic) bond motifs is 1. The van der Waals surface area contributed by atoms with Gasteiger partial charge in [0.05, 0.1) is 0 Å². The number of amidine groups is 1. The van der Waals surface area contributed by atoms with Crippen molar-refractivity contribution in [3.63, 3.8) is 0 Å². The molecule has 0 saturated heterocycles. The number of anilines is 1. The lowest BCUT2D eigenvalue weighted by molar-refractivity contribution is 0.470. The predicted molar refractivity (Wildman–Crippen MR) is 65.3 cm³/mol. The molecular weight excluding hydrogens is 248 g/mol. The minimum absolute atomic E-state index is 0.461. The van der Waals surface area contributed by atoms with Gasteiger partial charge in [-0.15, -0.1) is 0 Å². The van der Waals surface area contributed by atoms with Crippen molar-refractivity contribution in [2.75, 3.05) is 11.6 Å². The van der Waals surface area contributed by atoms with E-state index in [2.05, 4.69) is 10.3 Å². The Hall–Kier alpha value is -1.05. The molecule has 0 spiro atoms. The number of thioether (sulfide) groups is 1. The van der Waals surface area contributed by atoms with Crippen molar-refractivity contribution >= 4 is 32.7 Å². The zero-order valence-corrected chi connectivity index (χ0v) is 10.0. The summed E-state index contributed by atoms with van der Waals surface area (Å²) in [5.41, 5.74) is 1.12. The molecule has 0 fully saturated rings. The average molecular weight is 258 g/mol. The van der Waals surface area contributed by atoms with Gasteiger partial charge in [-0.25, -0.2) is 4.99 Å². The van der Waals surface area contributed by atoms with E-state index in [0.717, 1.165) is 0 Å². The topological polar surface area (TPSA) is 78.8 Å². The first-order chi connectivity index (χ1) is 7.52. The maximum Gasteiger partial charge on any atom is 0.292 e. The van der Waals surface area contributed by atoms with Crippen LogP contribution >= 0.6 is 11.8 Å². The van der Waals surface area contributed by atoms with Crippen LogP contribution in [-0.2, 0) is 10.1 Å². The minimum Gasteiger partial charge on any atom is -0.335 e. The van der Waals surface area contributed by atoms with Crippen LogP contribution in [0.1, 0.15) is 10.9 Å². The summed E-state index contributed by atoms with van der Waals surface area (Å²) in [7, 11) is -4.22. The Morgan fingerprint density at radius 3 is 2.75 bits per heavy atom. The van der Waals surface area contributed by atoms with E-state index in [4.69, 9.17) is 4.55 Å². The molecular formula is C9H10N2O3S2. The summed E-state index contributed by atoms with van der Waals surface area (Å²) >= 11 is 1.29. The van der Waals surface area contributed by atoms with Crippen molar-refractivity contribution in [3.8, 4) is 0 Å². The smallest absolute Gasteiger partial charge is 0.292 e. The molecule has 0 aliphatic carbocycles. The Bertz CT molecular complexity index is 539. The van der Waals surface area contributed by atoms with E-state index in [1.807, 2.05) is 0 Å². The van der Waals surface area contributed by atoms with Crippen LogP contribution in [0.2, 0.25) is 0 Å². The van der Waals surface area contributed by atoms with Gasteiger partial charge >= 0.3 is 0 Å². The quantitative estimate of drug-likeness (QED) is 0.750. The first-order valence-corrected chi connectivity index (χ1v) is 7.19. The van der Waals surface area contributed by atoms with Crippen molar-refractivity contribution in [1.82, 2.24) is 0 Å². The number of benzene rings is 1. The van der Waals surface area contributed by atoms with Crippen LogP contribution in [0.15, 0.2) is 29.3 Å². The molecule has 2 rings (SSSR count). The molecule has 5 nitrogen and oxygen atoms in total. The Balaban J connectivity index is 2.57. The fourth-order valence-corrected chi connectivity index (χ4v) is 2.74. The molecule has 1 heterocycles. The molecule has 0 amide bonds. The second kappa shape index (κ2) is 4.08. The fourth-order valence-electron chi connectivity index (χ4n) is 1.48. The van der Waals surface area contributed by atoms with Gasteiger partial charge in [0.15, 0.2) is 5.17 Å². The van der Waals surface area contributed by atoms with Gasteiger partial charge < -0.3 is 5.32 Å². The van der Waals surface area contributed by atoms with Crippen molar-refractivity contribution in [1.29, 1.82) is 0 Å². The molecule has 1 atom stereocenters. The van der Waals surface area contributed by atoms with Crippen LogP contribution in [0.3, 0.4) is 0 Å². The fraction of sp³-hybridized carbons (Fsp3) is 0.222. The van der Waals surface area contributed by atoms with Crippen LogP contribution in [0.25, 0.3) is 0 Å². The Morgan fingerprint density at radius 1 is 1.44 bits per heavy atom. The Morgan fingerprint density at radius 2 is 2.12 bits per heavy atom. The number of aliphatic imine (C=N–C) groups is 1. The van der Waals surface area contributed by atoms with Gasteiger partial charge in [0, 0.05) is 11.3 Å². The first kappa shape index (κ1) is 11.4. The predicted octanol–water partition coefficient (Wildman–Crippen LogP) is 1.72. The summed E-state index contributed by atoms with van der Waals surface area (Å²) in [5.74, 6) is 0. The van der Waals surface area contributed by atoms with Gasteiger partial charge in [-0.05, 0) is 12.3 Å². The second-order valence-corrected chi connectivity index (χ2v) is 5.49. The lowest BCUT2D eigenvalue weighted by Gasteiger charge is -2.22. The van der Waals surface area contributed by atoms with Gasteiger partial charge in [-0.1, -0.05) is 30.0 Å². The molecule has 1 aliphatic heterocycles. The standard InChI is InChI=1S/C9H10N2O3S2/c1-15-9-10-7-5-3-2-4-6(7)8(11-9)16(12,13)14/h2-5,8H,1H3,(H,10,11)(H,12,13,14). The largest absolute Gasteiger partial charge is 0.335 e. The zero-order chi connectivity index (χ0) is 11.8. The van der Waals surface area contributed by atoms with Gasteiger partial charge in [-0.2, -0.15) is 8.42 Å². The number of nitrogens with one attached hydrogen (secondary N) is 1. The molecule has 1 aromatic rings. The summed E-state index contributed by atoms with van der Waals surface area (Å²) in [4.78, 5) is 3.94. The van der Waals surface area contributed by atoms with E-state index in [1.54, 1.807) is 30.5 Å². The van der Waals surface area contributed by atoms with Crippen molar-refractivity contribution in [2.45, 2.75) is 5.37 Å². The van der Waals surface area contributed by atoms with Gasteiger partial charge in [-0.3, -0.25) is 4.55 Å². The number of para-hydroxylation sites is 1. The van der Waals surface area contributed by atoms with Crippen LogP contribution in [0.5, 0.6) is 0 Å². The first-order valence-electron chi connectivity index (χ1n) is 4.46. The van der Waals surface area contributed by atoms with E-state index in [9.17, 15) is 8.42 Å². The lowest BCUT2D eigenvalue weighted by atomic mass is 10.1. The van der Waals surface area contributed by atoms with Crippen LogP contribution in [0, 0.1) is 0 Å². The zero-order valence-electron chi connectivity index (χ0n) is 8.41. The highest BCUT2D eigenvalue weighted by atomic mass is 32.2. The third kappa shape index (κ3) is 2.06. The maximum absolute atomic E-state index is 11.2. The summed E-state index contributed by atoms with van der Waals surface area (Å²) in [6.07, 6.45) is 1.78. The average Bonchev–Trinajstić information content (AvgIpc) is 2.26. The number of rotatable bonds is 1. The Labute approximate surface area is 97.7 Å². The maximum atomic E-state index is 11.2. The van der Waals surface area contributed by atoms with Crippen molar-refractivity contribution < 1.29 is 13.0 Å². The molecule has 1 unspecified atom stereocenters. The van der Waals surface area contributed by atoms with E-state index in [-0.39, 0.29) is 0 Å². The molecule has 2 N–H and O–H groups in total. The summed E-state index contributed by atoms with van der Waals surface area (Å²) in [6.45, 7) is 0. The summed E-state index contributed by atoms with van der Waals surface area (Å²) in [6, 6.07) is 6.87. The number of hydrogen-bond donors (Lipinski definition) is 2. The third-order valence-electron chi connectivity index (χ3n) is 2.18. The molecule has 0 radical (unpaired) electrons. The lowest BCUT2D eigenvalue weighted by Crippen LogP contribution is -2.22. The minimum atomic E-state index is -4.22. The van der Waals surface area contributed by atoms with Crippen molar-refractivity contribution in [3.05, 3.63) is 29.8 Å². The Kier molecular flexibility index (Phi) is 2.92. The highest BCUT2D eigenvalue weighted by molar-refractivity contribution is 8.13. The van der Waals surface area contributed by atoms with E-state index < -0.39 is 15.5 Å². The van der Waals surface area contributed by atoms with Crippen LogP contribution in [-0.4, -0.2) is 24.4 Å². The highest BCUT2D eigenvalue weighted by Gasteiger charge is 2.30. The second-order valence-electron chi connectivity index (χ2n) is 3.22. The van der Waals surface area contributed by atoms with E-state index in [1.165, 1.54) is 11.8 Å². The summed E-state index contributed by atoms with van der Waals surface area (Å²) < 4.78 is 31.6. The summed E-state index contributed by atoms with van der Waals surface area (Å²) in [5, 5.41) is 2.23. The molecule has 0 saturated carbocycles. The molecule has 86 valence electrons. The van der Waals surface area contributed by atoms with Crippen LogP contribution in [0.4, 0.5) is 5.69 Å². The van der Waals surface area contributed by atoms with Gasteiger partial charge in [0.1, 0.15) is 0 Å². The molecule has 1 aliphatic rings. The third-order valence-corrected chi connectivity index (χ3v) is 3.70. The molecule has 7 heteroatoms. The SMILES string of the molecule is CSC1=NC(S(=O)(=O)O)c2ccccc2N1.